The summed E-state index contributed by atoms with van der Waals surface area (Å²) in [4.78, 5) is 19.1. The summed E-state index contributed by atoms with van der Waals surface area (Å²) < 4.78 is 0. The van der Waals surface area contributed by atoms with E-state index in [0.717, 1.165) is 24.5 Å². The molecule has 0 saturated heterocycles. The van der Waals surface area contributed by atoms with Crippen LogP contribution >= 0.6 is 11.3 Å². The molecule has 0 spiro atoms. The molecule has 3 N–H and O–H groups in total. The fourth-order valence-electron chi connectivity index (χ4n) is 2.03. The van der Waals surface area contributed by atoms with E-state index in [-0.39, 0.29) is 5.91 Å². The lowest BCUT2D eigenvalue weighted by Crippen LogP contribution is -2.32. The number of rotatable bonds is 5. The van der Waals surface area contributed by atoms with E-state index < -0.39 is 0 Å². The van der Waals surface area contributed by atoms with Crippen molar-refractivity contribution in [3.63, 3.8) is 0 Å². The highest BCUT2D eigenvalue weighted by Gasteiger charge is 2.34. The zero-order chi connectivity index (χ0) is 12.7. The first kappa shape index (κ1) is 11.8. The van der Waals surface area contributed by atoms with Gasteiger partial charge in [0.15, 0.2) is 5.13 Å². The number of nitrogen functional groups attached to an aromatic ring is 1. The molecule has 1 aromatic heterocycles. The van der Waals surface area contributed by atoms with E-state index >= 15 is 0 Å². The maximum absolute atomic E-state index is 12.4. The number of amides is 1. The molecule has 0 unspecified atom stereocenters. The van der Waals surface area contributed by atoms with Gasteiger partial charge in [-0.2, -0.15) is 0 Å². The molecule has 1 heterocycles. The summed E-state index contributed by atoms with van der Waals surface area (Å²) in [5.74, 6) is 0.408. The quantitative estimate of drug-likeness (QED) is 0.854. The number of carbonyl (C=O) groups excluding carboxylic acids is 1. The van der Waals surface area contributed by atoms with Crippen LogP contribution in [0.1, 0.15) is 42.3 Å². The van der Waals surface area contributed by atoms with Crippen molar-refractivity contribution in [2.45, 2.75) is 44.7 Å². The van der Waals surface area contributed by atoms with Crippen molar-refractivity contribution >= 4 is 28.2 Å². The van der Waals surface area contributed by atoms with Crippen LogP contribution in [-0.2, 0) is 0 Å². The molecule has 0 aromatic carbocycles. The van der Waals surface area contributed by atoms with Crippen molar-refractivity contribution in [2.24, 2.45) is 0 Å². The van der Waals surface area contributed by atoms with Gasteiger partial charge in [-0.15, -0.1) is 0 Å². The van der Waals surface area contributed by atoms with Gasteiger partial charge in [0.05, 0.1) is 0 Å². The molecule has 2 aliphatic rings. The smallest absolute Gasteiger partial charge is 0.268 e. The molecule has 2 aliphatic carbocycles. The minimum absolute atomic E-state index is 0.0406. The van der Waals surface area contributed by atoms with Crippen molar-refractivity contribution in [1.29, 1.82) is 0 Å². The molecule has 2 saturated carbocycles. The fourth-order valence-corrected chi connectivity index (χ4v) is 2.95. The number of nitrogens with zero attached hydrogens (tertiary/aromatic N) is 2. The highest BCUT2D eigenvalue weighted by atomic mass is 32.1. The van der Waals surface area contributed by atoms with Gasteiger partial charge in [-0.1, -0.05) is 11.3 Å². The van der Waals surface area contributed by atoms with E-state index in [2.05, 4.69) is 10.3 Å². The SMILES string of the molecule is CCN(C(=O)c1sc(NC2CC2)nc1N)C1CC1. The summed E-state index contributed by atoms with van der Waals surface area (Å²) in [5.41, 5.74) is 5.86. The van der Waals surface area contributed by atoms with Crippen molar-refractivity contribution in [1.82, 2.24) is 9.88 Å². The Bertz CT molecular complexity index is 465. The fraction of sp³-hybridized carbons (Fsp3) is 0.667. The lowest BCUT2D eigenvalue weighted by atomic mass is 10.4. The molecule has 5 nitrogen and oxygen atoms in total. The predicted octanol–water partition coefficient (Wildman–Crippen LogP) is 1.92. The molecule has 2 fully saturated rings. The van der Waals surface area contributed by atoms with E-state index in [1.165, 1.54) is 24.2 Å². The van der Waals surface area contributed by atoms with Crippen molar-refractivity contribution in [3.8, 4) is 0 Å². The van der Waals surface area contributed by atoms with Gasteiger partial charge in [-0.3, -0.25) is 4.79 Å². The first-order chi connectivity index (χ1) is 8.69. The number of anilines is 2. The van der Waals surface area contributed by atoms with Crippen LogP contribution < -0.4 is 11.1 Å². The van der Waals surface area contributed by atoms with Crippen LogP contribution in [0.4, 0.5) is 10.9 Å². The summed E-state index contributed by atoms with van der Waals surface area (Å²) in [6.07, 6.45) is 4.61. The molecule has 0 radical (unpaired) electrons. The van der Waals surface area contributed by atoms with Crippen LogP contribution in [0, 0.1) is 0 Å². The van der Waals surface area contributed by atoms with E-state index in [0.29, 0.717) is 22.8 Å². The van der Waals surface area contributed by atoms with Crippen molar-refractivity contribution in [3.05, 3.63) is 4.88 Å². The van der Waals surface area contributed by atoms with E-state index in [9.17, 15) is 4.79 Å². The Kier molecular flexibility index (Phi) is 2.89. The number of carbonyl (C=O) groups is 1. The van der Waals surface area contributed by atoms with E-state index in [4.69, 9.17) is 5.73 Å². The third kappa shape index (κ3) is 2.29. The van der Waals surface area contributed by atoms with Crippen LogP contribution in [0.5, 0.6) is 0 Å². The molecule has 0 atom stereocenters. The Hall–Kier alpha value is -1.30. The van der Waals surface area contributed by atoms with Gasteiger partial charge < -0.3 is 16.0 Å². The third-order valence-corrected chi connectivity index (χ3v) is 4.33. The van der Waals surface area contributed by atoms with E-state index in [1.807, 2.05) is 11.8 Å². The highest BCUT2D eigenvalue weighted by molar-refractivity contribution is 7.18. The Morgan fingerprint density at radius 3 is 2.78 bits per heavy atom. The monoisotopic (exact) mass is 266 g/mol. The van der Waals surface area contributed by atoms with Gasteiger partial charge in [0.1, 0.15) is 10.7 Å². The van der Waals surface area contributed by atoms with Crippen molar-refractivity contribution < 1.29 is 4.79 Å². The molecule has 1 aromatic rings. The van der Waals surface area contributed by atoms with Crippen LogP contribution in [0.3, 0.4) is 0 Å². The lowest BCUT2D eigenvalue weighted by molar-refractivity contribution is 0.0758. The van der Waals surface area contributed by atoms with Crippen LogP contribution in [0.15, 0.2) is 0 Å². The molecule has 6 heteroatoms. The minimum atomic E-state index is 0.0406. The molecular weight excluding hydrogens is 248 g/mol. The maximum atomic E-state index is 12.4. The molecule has 0 aliphatic heterocycles. The second-order valence-electron chi connectivity index (χ2n) is 4.97. The predicted molar refractivity (Wildman–Crippen MR) is 72.9 cm³/mol. The molecular formula is C12H18N4OS. The second-order valence-corrected chi connectivity index (χ2v) is 5.97. The zero-order valence-corrected chi connectivity index (χ0v) is 11.3. The minimum Gasteiger partial charge on any atom is -0.382 e. The van der Waals surface area contributed by atoms with Crippen LogP contribution in [0.25, 0.3) is 0 Å². The van der Waals surface area contributed by atoms with Crippen molar-refractivity contribution in [2.75, 3.05) is 17.6 Å². The number of thiazole rings is 1. The third-order valence-electron chi connectivity index (χ3n) is 3.34. The van der Waals surface area contributed by atoms with Gasteiger partial charge in [0, 0.05) is 18.6 Å². The normalized spacial score (nSPS) is 18.7. The van der Waals surface area contributed by atoms with Gasteiger partial charge in [0.2, 0.25) is 0 Å². The average molecular weight is 266 g/mol. The lowest BCUT2D eigenvalue weighted by Gasteiger charge is -2.19. The standard InChI is InChI=1S/C12H18N4OS/c1-2-16(8-5-6-8)11(17)9-10(13)15-12(18-9)14-7-3-4-7/h7-8H,2-6,13H2,1H3,(H,14,15). The molecule has 98 valence electrons. The first-order valence-electron chi connectivity index (χ1n) is 6.53. The average Bonchev–Trinajstić information content (AvgIpc) is 3.21. The maximum Gasteiger partial charge on any atom is 0.268 e. The molecule has 0 bridgehead atoms. The van der Waals surface area contributed by atoms with Crippen LogP contribution in [-0.4, -0.2) is 34.4 Å². The summed E-state index contributed by atoms with van der Waals surface area (Å²) in [7, 11) is 0. The molecule has 1 amide bonds. The van der Waals surface area contributed by atoms with Gasteiger partial charge in [-0.25, -0.2) is 4.98 Å². The largest absolute Gasteiger partial charge is 0.382 e. The summed E-state index contributed by atoms with van der Waals surface area (Å²) in [5, 5.41) is 4.07. The molecule has 18 heavy (non-hydrogen) atoms. The highest BCUT2D eigenvalue weighted by Crippen LogP contribution is 2.34. The second kappa shape index (κ2) is 4.42. The number of aromatic nitrogens is 1. The summed E-state index contributed by atoms with van der Waals surface area (Å²) in [6, 6.07) is 0.952. The molecule has 3 rings (SSSR count). The van der Waals surface area contributed by atoms with Crippen LogP contribution in [0.2, 0.25) is 0 Å². The van der Waals surface area contributed by atoms with Gasteiger partial charge >= 0.3 is 0 Å². The Balaban J connectivity index is 1.76. The number of hydrogen-bond acceptors (Lipinski definition) is 5. The Labute approximate surface area is 110 Å². The number of nitrogens with two attached hydrogens (primary N) is 1. The Morgan fingerprint density at radius 1 is 1.50 bits per heavy atom. The Morgan fingerprint density at radius 2 is 2.22 bits per heavy atom. The first-order valence-corrected chi connectivity index (χ1v) is 7.34. The summed E-state index contributed by atoms with van der Waals surface area (Å²) >= 11 is 1.39. The zero-order valence-electron chi connectivity index (χ0n) is 10.5. The van der Waals surface area contributed by atoms with Gasteiger partial charge in [0.25, 0.3) is 5.91 Å². The van der Waals surface area contributed by atoms with Gasteiger partial charge in [-0.05, 0) is 32.6 Å². The topological polar surface area (TPSA) is 71.2 Å². The van der Waals surface area contributed by atoms with E-state index in [1.54, 1.807) is 0 Å². The number of hydrogen-bond donors (Lipinski definition) is 2. The number of nitrogens with one attached hydrogen (secondary N) is 1. The summed E-state index contributed by atoms with van der Waals surface area (Å²) in [6.45, 7) is 2.75.